The van der Waals surface area contributed by atoms with Crippen LogP contribution in [0.3, 0.4) is 0 Å². The zero-order valence-corrected chi connectivity index (χ0v) is 18.6. The van der Waals surface area contributed by atoms with Crippen molar-refractivity contribution in [2.24, 2.45) is 5.41 Å². The van der Waals surface area contributed by atoms with Gasteiger partial charge in [-0.1, -0.05) is 19.9 Å². The van der Waals surface area contributed by atoms with Crippen molar-refractivity contribution in [3.05, 3.63) is 83.3 Å². The summed E-state index contributed by atoms with van der Waals surface area (Å²) in [6, 6.07) is 9.61. The summed E-state index contributed by atoms with van der Waals surface area (Å²) in [4.78, 5) is 8.99. The first-order valence-corrected chi connectivity index (χ1v) is 11.0. The molecule has 0 radical (unpaired) electrons. The Morgan fingerprint density at radius 3 is 2.55 bits per heavy atom. The van der Waals surface area contributed by atoms with E-state index < -0.39 is 17.0 Å². The number of nitrogens with zero attached hydrogens (tertiary/aromatic N) is 4. The number of hydrogen-bond acceptors (Lipinski definition) is 5. The minimum atomic E-state index is -0.641. The molecule has 0 saturated heterocycles. The van der Waals surface area contributed by atoms with Crippen LogP contribution in [0.2, 0.25) is 0 Å². The van der Waals surface area contributed by atoms with Gasteiger partial charge in [0.2, 0.25) is 0 Å². The van der Waals surface area contributed by atoms with Gasteiger partial charge >= 0.3 is 0 Å². The Labute approximate surface area is 189 Å². The molecule has 5 nitrogen and oxygen atoms in total. The summed E-state index contributed by atoms with van der Waals surface area (Å²) >= 11 is 0. The quantitative estimate of drug-likeness (QED) is 0.389. The van der Waals surface area contributed by atoms with Gasteiger partial charge in [0.05, 0.1) is 34.3 Å². The third-order valence-corrected chi connectivity index (χ3v) is 7.70. The minimum absolute atomic E-state index is 0.136. The highest BCUT2D eigenvalue weighted by molar-refractivity contribution is 5.65. The number of pyridine rings is 1. The standard InChI is InChI=1S/C26H22F2N4O/c1-14-30-13-21(33-14)15-8-10-29-22(11-15)26-9-7-17(25(26,2)3)16-12-20(31-32-24(16)26)23-18(27)5-4-6-19(23)28/h4-6,8,10-13,17H,7,9H2,1-3H3/t17-,26+/m0/s1. The Bertz CT molecular complexity index is 1390. The maximum atomic E-state index is 14.4. The lowest BCUT2D eigenvalue weighted by atomic mass is 9.66. The van der Waals surface area contributed by atoms with E-state index in [0.29, 0.717) is 11.7 Å². The molecule has 7 heteroatoms. The van der Waals surface area contributed by atoms with Gasteiger partial charge in [-0.3, -0.25) is 4.98 Å². The predicted molar refractivity (Wildman–Crippen MR) is 118 cm³/mol. The fourth-order valence-electron chi connectivity index (χ4n) is 6.07. The number of benzene rings is 1. The van der Waals surface area contributed by atoms with Gasteiger partial charge in [-0.2, -0.15) is 5.10 Å². The van der Waals surface area contributed by atoms with E-state index in [0.717, 1.165) is 35.4 Å². The lowest BCUT2D eigenvalue weighted by molar-refractivity contribution is 0.243. The van der Waals surface area contributed by atoms with Crippen molar-refractivity contribution < 1.29 is 13.2 Å². The average molecular weight is 444 g/mol. The Morgan fingerprint density at radius 2 is 1.82 bits per heavy atom. The van der Waals surface area contributed by atoms with Gasteiger partial charge in [0.25, 0.3) is 0 Å². The van der Waals surface area contributed by atoms with E-state index in [9.17, 15) is 8.78 Å². The maximum absolute atomic E-state index is 14.4. The van der Waals surface area contributed by atoms with E-state index in [-0.39, 0.29) is 22.6 Å². The molecular formula is C26H22F2N4O. The van der Waals surface area contributed by atoms with Crippen molar-refractivity contribution in [3.63, 3.8) is 0 Å². The van der Waals surface area contributed by atoms with Crippen molar-refractivity contribution in [2.45, 2.75) is 44.9 Å². The maximum Gasteiger partial charge on any atom is 0.191 e. The summed E-state index contributed by atoms with van der Waals surface area (Å²) in [5.74, 6) is 0.202. The van der Waals surface area contributed by atoms with Crippen LogP contribution >= 0.6 is 0 Å². The zero-order valence-electron chi connectivity index (χ0n) is 18.6. The van der Waals surface area contributed by atoms with Gasteiger partial charge in [-0.05, 0) is 60.1 Å². The normalized spacial score (nSPS) is 22.5. The van der Waals surface area contributed by atoms with Gasteiger partial charge in [-0.25, -0.2) is 13.8 Å². The molecule has 6 rings (SSSR count). The van der Waals surface area contributed by atoms with E-state index in [1.165, 1.54) is 18.2 Å². The van der Waals surface area contributed by atoms with Gasteiger partial charge in [-0.15, -0.1) is 5.10 Å². The molecule has 4 aromatic rings. The fraction of sp³-hybridized carbons (Fsp3) is 0.308. The molecular weight excluding hydrogens is 422 g/mol. The minimum Gasteiger partial charge on any atom is -0.441 e. The van der Waals surface area contributed by atoms with E-state index in [4.69, 9.17) is 9.40 Å². The first-order chi connectivity index (χ1) is 15.8. The zero-order chi connectivity index (χ0) is 23.0. The first kappa shape index (κ1) is 20.1. The van der Waals surface area contributed by atoms with Crippen LogP contribution in [0.5, 0.6) is 0 Å². The molecule has 1 aromatic carbocycles. The molecule has 0 amide bonds. The summed E-state index contributed by atoms with van der Waals surface area (Å²) in [5, 5.41) is 8.89. The first-order valence-electron chi connectivity index (χ1n) is 11.0. The molecule has 2 aliphatic rings. The van der Waals surface area contributed by atoms with Crippen LogP contribution in [0.25, 0.3) is 22.6 Å². The Hall–Kier alpha value is -3.48. The molecule has 2 aliphatic carbocycles. The molecule has 33 heavy (non-hydrogen) atoms. The van der Waals surface area contributed by atoms with Crippen LogP contribution < -0.4 is 0 Å². The van der Waals surface area contributed by atoms with Crippen molar-refractivity contribution in [1.29, 1.82) is 0 Å². The molecule has 2 bridgehead atoms. The third kappa shape index (κ3) is 2.62. The molecule has 166 valence electrons. The van der Waals surface area contributed by atoms with Gasteiger partial charge in [0.1, 0.15) is 11.6 Å². The predicted octanol–water partition coefficient (Wildman–Crippen LogP) is 5.98. The summed E-state index contributed by atoms with van der Waals surface area (Å²) in [7, 11) is 0. The summed E-state index contributed by atoms with van der Waals surface area (Å²) in [5.41, 5.74) is 3.10. The number of halogens is 2. The smallest absolute Gasteiger partial charge is 0.191 e. The van der Waals surface area contributed by atoms with Crippen molar-refractivity contribution >= 4 is 0 Å². The van der Waals surface area contributed by atoms with Crippen LogP contribution in [0.4, 0.5) is 8.78 Å². The van der Waals surface area contributed by atoms with E-state index in [1.807, 2.05) is 25.1 Å². The van der Waals surface area contributed by atoms with Crippen molar-refractivity contribution in [1.82, 2.24) is 20.2 Å². The summed E-state index contributed by atoms with van der Waals surface area (Å²) in [6.07, 6.45) is 5.32. The van der Waals surface area contributed by atoms with E-state index >= 15 is 0 Å². The molecule has 0 spiro atoms. The lowest BCUT2D eigenvalue weighted by Crippen LogP contribution is -2.37. The molecule has 1 fully saturated rings. The summed E-state index contributed by atoms with van der Waals surface area (Å²) in [6.45, 7) is 6.26. The Morgan fingerprint density at radius 1 is 1.03 bits per heavy atom. The SMILES string of the molecule is Cc1ncc(-c2ccnc([C@]34CC[C@@H](c5cc(-c6c(F)cccc6F)nnc53)C4(C)C)c2)o1. The van der Waals surface area contributed by atoms with E-state index in [2.05, 4.69) is 29.0 Å². The second-order valence-corrected chi connectivity index (χ2v) is 9.52. The van der Waals surface area contributed by atoms with Gasteiger partial charge < -0.3 is 4.42 Å². The third-order valence-electron chi connectivity index (χ3n) is 7.70. The van der Waals surface area contributed by atoms with Crippen LogP contribution in [0.1, 0.15) is 55.4 Å². The van der Waals surface area contributed by atoms with Crippen molar-refractivity contribution in [3.8, 4) is 22.6 Å². The molecule has 0 unspecified atom stereocenters. The summed E-state index contributed by atoms with van der Waals surface area (Å²) < 4.78 is 34.6. The van der Waals surface area contributed by atoms with E-state index in [1.54, 1.807) is 12.4 Å². The lowest BCUT2D eigenvalue weighted by Gasteiger charge is -2.37. The van der Waals surface area contributed by atoms with Crippen LogP contribution in [0.15, 0.2) is 53.2 Å². The number of rotatable bonds is 3. The molecule has 3 heterocycles. The average Bonchev–Trinajstić information content (AvgIpc) is 3.40. The Balaban J connectivity index is 1.53. The number of hydrogen-bond donors (Lipinski definition) is 0. The van der Waals surface area contributed by atoms with Crippen LogP contribution in [0, 0.1) is 24.0 Å². The fourth-order valence-corrected chi connectivity index (χ4v) is 6.07. The molecule has 2 atom stereocenters. The second-order valence-electron chi connectivity index (χ2n) is 9.52. The van der Waals surface area contributed by atoms with Crippen LogP contribution in [-0.4, -0.2) is 20.2 Å². The molecule has 1 saturated carbocycles. The number of oxazole rings is 1. The number of fused-ring (bicyclic) bond motifs is 5. The Kier molecular flexibility index (Phi) is 4.13. The van der Waals surface area contributed by atoms with Crippen molar-refractivity contribution in [2.75, 3.05) is 0 Å². The molecule has 0 N–H and O–H groups in total. The molecule has 0 aliphatic heterocycles. The highest BCUT2D eigenvalue weighted by atomic mass is 19.1. The highest BCUT2D eigenvalue weighted by Crippen LogP contribution is 2.69. The largest absolute Gasteiger partial charge is 0.441 e. The topological polar surface area (TPSA) is 64.7 Å². The van der Waals surface area contributed by atoms with Crippen LogP contribution in [-0.2, 0) is 5.41 Å². The highest BCUT2D eigenvalue weighted by Gasteiger charge is 2.65. The molecule has 3 aromatic heterocycles. The van der Waals surface area contributed by atoms with Gasteiger partial charge in [0.15, 0.2) is 11.7 Å². The number of aromatic nitrogens is 4. The van der Waals surface area contributed by atoms with Gasteiger partial charge in [0, 0.05) is 18.7 Å². The monoisotopic (exact) mass is 444 g/mol. The second kappa shape index (κ2) is 6.76. The number of aryl methyl sites for hydroxylation is 1.